The van der Waals surface area contributed by atoms with Crippen LogP contribution in [0.1, 0.15) is 21.1 Å². The fourth-order valence-electron chi connectivity index (χ4n) is 1.99. The van der Waals surface area contributed by atoms with Crippen LogP contribution >= 0.6 is 23.1 Å². The highest BCUT2D eigenvalue weighted by Gasteiger charge is 2.19. The van der Waals surface area contributed by atoms with Crippen LogP contribution in [0.25, 0.3) is 0 Å². The Balaban J connectivity index is 2.01. The Morgan fingerprint density at radius 2 is 2.05 bits per heavy atom. The Kier molecular flexibility index (Phi) is 5.82. The number of benzene rings is 1. The predicted octanol–water partition coefficient (Wildman–Crippen LogP) is 3.35. The van der Waals surface area contributed by atoms with Crippen molar-refractivity contribution in [1.82, 2.24) is 10.3 Å². The van der Waals surface area contributed by atoms with E-state index in [0.29, 0.717) is 0 Å². The van der Waals surface area contributed by atoms with Gasteiger partial charge in [0.2, 0.25) is 5.91 Å². The lowest BCUT2D eigenvalue weighted by Gasteiger charge is -2.14. The maximum atomic E-state index is 12.1. The lowest BCUT2D eigenvalue weighted by Crippen LogP contribution is -2.31. The molecule has 0 saturated carbocycles. The number of aromatic nitrogens is 1. The molecule has 2 rings (SSSR count). The van der Waals surface area contributed by atoms with Gasteiger partial charge in [-0.3, -0.25) is 4.79 Å². The molecule has 0 aliphatic carbocycles. The fraction of sp³-hybridized carbons (Fsp3) is 0.375. The molecule has 0 saturated heterocycles. The van der Waals surface area contributed by atoms with Crippen LogP contribution in [0.15, 0.2) is 30.3 Å². The molecule has 0 fully saturated rings. The van der Waals surface area contributed by atoms with Crippen molar-refractivity contribution in [2.24, 2.45) is 0 Å². The molecule has 1 atom stereocenters. The number of carbonyl (C=O) groups is 1. The number of thiazole rings is 1. The average molecular weight is 320 g/mol. The zero-order valence-electron chi connectivity index (χ0n) is 12.6. The zero-order valence-corrected chi connectivity index (χ0v) is 14.2. The molecule has 1 aromatic carbocycles. The smallest absolute Gasteiger partial charge is 0.233 e. The Bertz CT molecular complexity index is 576. The molecule has 0 unspecified atom stereocenters. The van der Waals surface area contributed by atoms with Crippen LogP contribution in [-0.2, 0) is 17.0 Å². The molecule has 0 aliphatic heterocycles. The van der Waals surface area contributed by atoms with Crippen molar-refractivity contribution in [3.8, 4) is 0 Å². The molecule has 0 spiro atoms. The highest BCUT2D eigenvalue weighted by atomic mass is 32.2. The SMILES string of the molecule is CNC(=O)[C@@H](Cc1ccccc1)SCc1nc(C)c(C)s1. The second-order valence-electron chi connectivity index (χ2n) is 4.85. The van der Waals surface area contributed by atoms with Crippen molar-refractivity contribution >= 4 is 29.0 Å². The normalized spacial score (nSPS) is 12.1. The van der Waals surface area contributed by atoms with Crippen molar-refractivity contribution in [3.05, 3.63) is 51.5 Å². The Morgan fingerprint density at radius 3 is 2.62 bits per heavy atom. The summed E-state index contributed by atoms with van der Waals surface area (Å²) in [5, 5.41) is 3.77. The van der Waals surface area contributed by atoms with E-state index >= 15 is 0 Å². The third kappa shape index (κ3) is 4.58. The van der Waals surface area contributed by atoms with E-state index in [1.165, 1.54) is 10.4 Å². The second-order valence-corrected chi connectivity index (χ2v) is 7.33. The lowest BCUT2D eigenvalue weighted by atomic mass is 10.1. The summed E-state index contributed by atoms with van der Waals surface area (Å²) >= 11 is 3.38. The number of hydrogen-bond donors (Lipinski definition) is 1. The number of nitrogens with zero attached hydrogens (tertiary/aromatic N) is 1. The van der Waals surface area contributed by atoms with Gasteiger partial charge in [-0.25, -0.2) is 4.98 Å². The van der Waals surface area contributed by atoms with Gasteiger partial charge < -0.3 is 5.32 Å². The zero-order chi connectivity index (χ0) is 15.2. The van der Waals surface area contributed by atoms with Crippen LogP contribution in [0, 0.1) is 13.8 Å². The van der Waals surface area contributed by atoms with Gasteiger partial charge in [0, 0.05) is 17.7 Å². The van der Waals surface area contributed by atoms with E-state index in [-0.39, 0.29) is 11.2 Å². The topological polar surface area (TPSA) is 42.0 Å². The van der Waals surface area contributed by atoms with E-state index in [4.69, 9.17) is 0 Å². The average Bonchev–Trinajstić information content (AvgIpc) is 2.82. The molecule has 0 bridgehead atoms. The molecule has 5 heteroatoms. The Labute approximate surface area is 134 Å². The van der Waals surface area contributed by atoms with E-state index < -0.39 is 0 Å². The van der Waals surface area contributed by atoms with Crippen LogP contribution in [0.5, 0.6) is 0 Å². The summed E-state index contributed by atoms with van der Waals surface area (Å²) in [5.41, 5.74) is 2.28. The van der Waals surface area contributed by atoms with Crippen molar-refractivity contribution in [2.45, 2.75) is 31.3 Å². The van der Waals surface area contributed by atoms with Crippen LogP contribution in [-0.4, -0.2) is 23.2 Å². The number of thioether (sulfide) groups is 1. The van der Waals surface area contributed by atoms with Gasteiger partial charge in [0.05, 0.1) is 10.9 Å². The summed E-state index contributed by atoms with van der Waals surface area (Å²) in [7, 11) is 1.69. The number of nitrogens with one attached hydrogen (secondary N) is 1. The highest BCUT2D eigenvalue weighted by Crippen LogP contribution is 2.25. The van der Waals surface area contributed by atoms with Gasteiger partial charge in [-0.15, -0.1) is 23.1 Å². The first-order valence-corrected chi connectivity index (χ1v) is 8.76. The number of aryl methyl sites for hydroxylation is 2. The minimum Gasteiger partial charge on any atom is -0.358 e. The third-order valence-corrected chi connectivity index (χ3v) is 5.76. The van der Waals surface area contributed by atoms with Gasteiger partial charge >= 0.3 is 0 Å². The van der Waals surface area contributed by atoms with Crippen molar-refractivity contribution in [3.63, 3.8) is 0 Å². The number of carbonyl (C=O) groups excluding carboxylic acids is 1. The molecular formula is C16H20N2OS2. The maximum absolute atomic E-state index is 12.1. The van der Waals surface area contributed by atoms with E-state index in [1.807, 2.05) is 25.1 Å². The van der Waals surface area contributed by atoms with Gasteiger partial charge in [-0.2, -0.15) is 0 Å². The second kappa shape index (κ2) is 7.61. The number of rotatable bonds is 6. The molecular weight excluding hydrogens is 300 g/mol. The largest absolute Gasteiger partial charge is 0.358 e. The van der Waals surface area contributed by atoms with Gasteiger partial charge in [0.1, 0.15) is 5.01 Å². The molecule has 1 amide bonds. The number of hydrogen-bond acceptors (Lipinski definition) is 4. The quantitative estimate of drug-likeness (QED) is 0.887. The predicted molar refractivity (Wildman–Crippen MR) is 90.9 cm³/mol. The number of amides is 1. The fourth-order valence-corrected chi connectivity index (χ4v) is 4.15. The summed E-state index contributed by atoms with van der Waals surface area (Å²) in [5.74, 6) is 0.860. The van der Waals surface area contributed by atoms with Crippen LogP contribution in [0.3, 0.4) is 0 Å². The molecule has 1 N–H and O–H groups in total. The molecule has 3 nitrogen and oxygen atoms in total. The standard InChI is InChI=1S/C16H20N2OS2/c1-11-12(2)21-15(18-11)10-20-14(16(19)17-3)9-13-7-5-4-6-8-13/h4-8,14H,9-10H2,1-3H3,(H,17,19)/t14-/m1/s1. The lowest BCUT2D eigenvalue weighted by molar-refractivity contribution is -0.120. The van der Waals surface area contributed by atoms with Crippen LogP contribution in [0.2, 0.25) is 0 Å². The summed E-state index contributed by atoms with van der Waals surface area (Å²) in [6.07, 6.45) is 0.745. The van der Waals surface area contributed by atoms with E-state index in [1.54, 1.807) is 30.1 Å². The van der Waals surface area contributed by atoms with E-state index in [9.17, 15) is 4.79 Å². The molecule has 0 radical (unpaired) electrons. The minimum atomic E-state index is -0.0816. The van der Waals surface area contributed by atoms with Gasteiger partial charge in [0.25, 0.3) is 0 Å². The van der Waals surface area contributed by atoms with Gasteiger partial charge in [-0.05, 0) is 25.8 Å². The monoisotopic (exact) mass is 320 g/mol. The van der Waals surface area contributed by atoms with Gasteiger partial charge in [0.15, 0.2) is 0 Å². The molecule has 1 aromatic heterocycles. The van der Waals surface area contributed by atoms with Crippen molar-refractivity contribution < 1.29 is 4.79 Å². The van der Waals surface area contributed by atoms with Crippen molar-refractivity contribution in [2.75, 3.05) is 7.05 Å². The maximum Gasteiger partial charge on any atom is 0.233 e. The Hall–Kier alpha value is -1.33. The summed E-state index contributed by atoms with van der Waals surface area (Å²) < 4.78 is 0. The molecule has 112 valence electrons. The highest BCUT2D eigenvalue weighted by molar-refractivity contribution is 7.99. The molecule has 0 aliphatic rings. The first kappa shape index (κ1) is 16.0. The third-order valence-electron chi connectivity index (χ3n) is 3.28. The first-order chi connectivity index (χ1) is 10.1. The summed E-state index contributed by atoms with van der Waals surface area (Å²) in [6.45, 7) is 4.11. The summed E-state index contributed by atoms with van der Waals surface area (Å²) in [4.78, 5) is 17.9. The van der Waals surface area contributed by atoms with Crippen LogP contribution < -0.4 is 5.32 Å². The first-order valence-electron chi connectivity index (χ1n) is 6.90. The van der Waals surface area contributed by atoms with Crippen molar-refractivity contribution in [1.29, 1.82) is 0 Å². The van der Waals surface area contributed by atoms with E-state index in [0.717, 1.165) is 22.9 Å². The Morgan fingerprint density at radius 1 is 1.33 bits per heavy atom. The van der Waals surface area contributed by atoms with Gasteiger partial charge in [-0.1, -0.05) is 30.3 Å². The minimum absolute atomic E-state index is 0.0776. The molecule has 2 aromatic rings. The van der Waals surface area contributed by atoms with Crippen LogP contribution in [0.4, 0.5) is 0 Å². The molecule has 21 heavy (non-hydrogen) atoms. The summed E-state index contributed by atoms with van der Waals surface area (Å²) in [6, 6.07) is 10.1. The van der Waals surface area contributed by atoms with E-state index in [2.05, 4.69) is 29.4 Å². The molecule has 1 heterocycles.